The molecule has 19 heavy (non-hydrogen) atoms. The summed E-state index contributed by atoms with van der Waals surface area (Å²) in [6, 6.07) is 9.92. The highest BCUT2D eigenvalue weighted by Gasteiger charge is 2.38. The van der Waals surface area contributed by atoms with Crippen molar-refractivity contribution in [1.82, 2.24) is 5.32 Å². The molecule has 3 atom stereocenters. The average Bonchev–Trinajstić information content (AvgIpc) is 3.12. The van der Waals surface area contributed by atoms with Gasteiger partial charge in [-0.3, -0.25) is 0 Å². The van der Waals surface area contributed by atoms with Gasteiger partial charge in [0.25, 0.3) is 0 Å². The summed E-state index contributed by atoms with van der Waals surface area (Å²) in [5.74, 6) is 2.45. The quantitative estimate of drug-likeness (QED) is 0.766. The molecule has 0 amide bonds. The molecule has 0 spiro atoms. The molecule has 1 N–H and O–H groups in total. The van der Waals surface area contributed by atoms with Crippen molar-refractivity contribution in [1.29, 1.82) is 0 Å². The molecule has 0 heterocycles. The van der Waals surface area contributed by atoms with Gasteiger partial charge in [-0.05, 0) is 54.7 Å². The third-order valence-corrected chi connectivity index (χ3v) is 4.45. The van der Waals surface area contributed by atoms with Gasteiger partial charge in [-0.15, -0.1) is 0 Å². The fraction of sp³-hybridized carbons (Fsp3) is 0.667. The van der Waals surface area contributed by atoms with E-state index >= 15 is 0 Å². The van der Waals surface area contributed by atoms with Gasteiger partial charge >= 0.3 is 0 Å². The lowest BCUT2D eigenvalue weighted by Crippen LogP contribution is -2.34. The maximum absolute atomic E-state index is 3.75. The Bertz CT molecular complexity index is 379. The summed E-state index contributed by atoms with van der Waals surface area (Å²) in [4.78, 5) is 0. The zero-order chi connectivity index (χ0) is 13.8. The number of hydrogen-bond acceptors (Lipinski definition) is 1. The number of benzene rings is 1. The van der Waals surface area contributed by atoms with Crippen molar-refractivity contribution in [3.8, 4) is 0 Å². The van der Waals surface area contributed by atoms with Gasteiger partial charge < -0.3 is 5.32 Å². The van der Waals surface area contributed by atoms with E-state index in [1.165, 1.54) is 30.4 Å². The van der Waals surface area contributed by atoms with Crippen molar-refractivity contribution >= 4 is 0 Å². The van der Waals surface area contributed by atoms with Gasteiger partial charge in [0.2, 0.25) is 0 Å². The molecule has 0 aromatic heterocycles. The van der Waals surface area contributed by atoms with Crippen molar-refractivity contribution in [2.45, 2.75) is 58.9 Å². The maximum Gasteiger partial charge on any atom is 0.0138 e. The second-order valence-corrected chi connectivity index (χ2v) is 6.54. The zero-order valence-corrected chi connectivity index (χ0v) is 12.9. The van der Waals surface area contributed by atoms with Crippen LogP contribution in [0.5, 0.6) is 0 Å². The highest BCUT2D eigenvalue weighted by molar-refractivity contribution is 5.25. The van der Waals surface area contributed by atoms with Crippen molar-refractivity contribution in [2.75, 3.05) is 6.54 Å². The Morgan fingerprint density at radius 2 is 1.84 bits per heavy atom. The van der Waals surface area contributed by atoms with E-state index in [2.05, 4.69) is 57.3 Å². The monoisotopic (exact) mass is 259 g/mol. The number of hydrogen-bond donors (Lipinski definition) is 1. The minimum absolute atomic E-state index is 0.631. The van der Waals surface area contributed by atoms with Crippen molar-refractivity contribution in [3.63, 3.8) is 0 Å². The molecule has 106 valence electrons. The Morgan fingerprint density at radius 3 is 2.32 bits per heavy atom. The minimum Gasteiger partial charge on any atom is -0.313 e. The topological polar surface area (TPSA) is 12.0 Å². The van der Waals surface area contributed by atoms with Gasteiger partial charge in [-0.25, -0.2) is 0 Å². The van der Waals surface area contributed by atoms with Crippen LogP contribution < -0.4 is 5.32 Å². The third kappa shape index (κ3) is 4.07. The highest BCUT2D eigenvalue weighted by atomic mass is 14.9. The SMILES string of the molecule is CCCNC(Cc1ccc(C(C)C)cc1)C1CC1C. The molecule has 1 heteroatoms. The largest absolute Gasteiger partial charge is 0.313 e. The molecule has 2 rings (SSSR count). The van der Waals surface area contributed by atoms with Crippen LogP contribution in [0.3, 0.4) is 0 Å². The molecule has 1 fully saturated rings. The summed E-state index contributed by atoms with van der Waals surface area (Å²) in [6.45, 7) is 10.3. The second kappa shape index (κ2) is 6.56. The maximum atomic E-state index is 3.75. The van der Waals surface area contributed by atoms with Crippen LogP contribution in [0.1, 0.15) is 57.6 Å². The molecule has 0 radical (unpaired) electrons. The average molecular weight is 259 g/mol. The molecular formula is C18H29N. The Hall–Kier alpha value is -0.820. The normalized spacial score (nSPS) is 23.6. The van der Waals surface area contributed by atoms with E-state index in [0.717, 1.165) is 18.4 Å². The van der Waals surface area contributed by atoms with Gasteiger partial charge in [0.1, 0.15) is 0 Å². The van der Waals surface area contributed by atoms with Gasteiger partial charge in [0, 0.05) is 6.04 Å². The smallest absolute Gasteiger partial charge is 0.0138 e. The van der Waals surface area contributed by atoms with E-state index in [4.69, 9.17) is 0 Å². The molecule has 1 saturated carbocycles. The van der Waals surface area contributed by atoms with Crippen LogP contribution in [0.25, 0.3) is 0 Å². The predicted octanol–water partition coefficient (Wildman–Crippen LogP) is 4.38. The van der Waals surface area contributed by atoms with E-state index in [9.17, 15) is 0 Å². The van der Waals surface area contributed by atoms with Crippen LogP contribution >= 0.6 is 0 Å². The van der Waals surface area contributed by atoms with Gasteiger partial charge in [-0.1, -0.05) is 52.0 Å². The lowest BCUT2D eigenvalue weighted by molar-refractivity contribution is 0.443. The summed E-state index contributed by atoms with van der Waals surface area (Å²) >= 11 is 0. The Morgan fingerprint density at radius 1 is 1.21 bits per heavy atom. The first-order chi connectivity index (χ1) is 9.11. The van der Waals surface area contributed by atoms with E-state index in [-0.39, 0.29) is 0 Å². The molecular weight excluding hydrogens is 230 g/mol. The van der Waals surface area contributed by atoms with E-state index in [1.807, 2.05) is 0 Å². The lowest BCUT2D eigenvalue weighted by Gasteiger charge is -2.19. The summed E-state index contributed by atoms with van der Waals surface area (Å²) in [7, 11) is 0. The molecule has 0 aliphatic heterocycles. The Balaban J connectivity index is 1.96. The van der Waals surface area contributed by atoms with Gasteiger partial charge in [0.15, 0.2) is 0 Å². The van der Waals surface area contributed by atoms with E-state index < -0.39 is 0 Å². The predicted molar refractivity (Wildman–Crippen MR) is 83.6 cm³/mol. The highest BCUT2D eigenvalue weighted by Crippen LogP contribution is 2.41. The number of rotatable bonds is 7. The van der Waals surface area contributed by atoms with Crippen LogP contribution in [0, 0.1) is 11.8 Å². The first-order valence-electron chi connectivity index (χ1n) is 7.94. The van der Waals surface area contributed by atoms with Gasteiger partial charge in [0.05, 0.1) is 0 Å². The molecule has 0 bridgehead atoms. The van der Waals surface area contributed by atoms with Crippen LogP contribution in [-0.4, -0.2) is 12.6 Å². The molecule has 1 aromatic carbocycles. The van der Waals surface area contributed by atoms with Crippen LogP contribution in [0.4, 0.5) is 0 Å². The first kappa shape index (κ1) is 14.6. The molecule has 1 aromatic rings. The summed E-state index contributed by atoms with van der Waals surface area (Å²) in [5.41, 5.74) is 2.93. The van der Waals surface area contributed by atoms with E-state index in [0.29, 0.717) is 12.0 Å². The van der Waals surface area contributed by atoms with Crippen molar-refractivity contribution < 1.29 is 0 Å². The third-order valence-electron chi connectivity index (χ3n) is 4.45. The van der Waals surface area contributed by atoms with Crippen LogP contribution in [0.15, 0.2) is 24.3 Å². The van der Waals surface area contributed by atoms with E-state index in [1.54, 1.807) is 0 Å². The standard InChI is InChI=1S/C18H29N/c1-5-10-19-18(17-11-14(17)4)12-15-6-8-16(9-7-15)13(2)3/h6-9,13-14,17-19H,5,10-12H2,1-4H3. The van der Waals surface area contributed by atoms with Gasteiger partial charge in [-0.2, -0.15) is 0 Å². The summed E-state index contributed by atoms with van der Waals surface area (Å²) in [5, 5.41) is 3.75. The Kier molecular flexibility index (Phi) is 5.04. The molecule has 1 nitrogen and oxygen atoms in total. The summed E-state index contributed by atoms with van der Waals surface area (Å²) < 4.78 is 0. The fourth-order valence-electron chi connectivity index (χ4n) is 2.91. The van der Waals surface area contributed by atoms with Crippen molar-refractivity contribution in [3.05, 3.63) is 35.4 Å². The molecule has 0 saturated heterocycles. The first-order valence-corrected chi connectivity index (χ1v) is 7.94. The lowest BCUT2D eigenvalue weighted by atomic mass is 9.97. The second-order valence-electron chi connectivity index (χ2n) is 6.54. The fourth-order valence-corrected chi connectivity index (χ4v) is 2.91. The van der Waals surface area contributed by atoms with Crippen LogP contribution in [-0.2, 0) is 6.42 Å². The Labute approximate surface area is 118 Å². The molecule has 3 unspecified atom stereocenters. The molecule has 1 aliphatic rings. The number of nitrogens with one attached hydrogen (secondary N) is 1. The minimum atomic E-state index is 0.631. The van der Waals surface area contributed by atoms with Crippen molar-refractivity contribution in [2.24, 2.45) is 11.8 Å². The molecule has 1 aliphatic carbocycles. The zero-order valence-electron chi connectivity index (χ0n) is 12.9. The summed E-state index contributed by atoms with van der Waals surface area (Å²) in [6.07, 6.45) is 3.82. The van der Waals surface area contributed by atoms with Crippen LogP contribution in [0.2, 0.25) is 0 Å².